The summed E-state index contributed by atoms with van der Waals surface area (Å²) in [6.07, 6.45) is 0.222. The number of nitrogens with one attached hydrogen (secondary N) is 1. The topological polar surface area (TPSA) is 93.9 Å². The van der Waals surface area contributed by atoms with Crippen LogP contribution in [0.5, 0.6) is 11.5 Å². The second-order valence-electron chi connectivity index (χ2n) is 6.67. The van der Waals surface area contributed by atoms with E-state index in [-0.39, 0.29) is 36.6 Å². The van der Waals surface area contributed by atoms with Crippen molar-refractivity contribution in [3.8, 4) is 11.5 Å². The number of ether oxygens (including phenoxy) is 2. The van der Waals surface area contributed by atoms with Crippen molar-refractivity contribution < 1.29 is 19.1 Å². The molecule has 0 aliphatic carbocycles. The quantitative estimate of drug-likeness (QED) is 0.685. The molecule has 3 rings (SSSR count). The summed E-state index contributed by atoms with van der Waals surface area (Å²) in [7, 11) is 1.61. The number of halogens is 1. The van der Waals surface area contributed by atoms with Crippen molar-refractivity contribution in [2.24, 2.45) is 11.7 Å². The van der Waals surface area contributed by atoms with Crippen LogP contribution in [0.25, 0.3) is 0 Å². The molecule has 1 fully saturated rings. The molecule has 8 heteroatoms. The zero-order chi connectivity index (χ0) is 19.9. The Morgan fingerprint density at radius 3 is 2.41 bits per heavy atom. The minimum Gasteiger partial charge on any atom is -0.497 e. The third-order valence-corrected chi connectivity index (χ3v) is 4.63. The first-order valence-electron chi connectivity index (χ1n) is 9.23. The lowest BCUT2D eigenvalue weighted by Crippen LogP contribution is -2.28. The Morgan fingerprint density at radius 2 is 1.79 bits per heavy atom. The van der Waals surface area contributed by atoms with Gasteiger partial charge in [0.2, 0.25) is 11.8 Å². The number of hydrogen-bond acceptors (Lipinski definition) is 5. The number of rotatable bonds is 8. The summed E-state index contributed by atoms with van der Waals surface area (Å²) in [6, 6.07) is 14.7. The first-order valence-corrected chi connectivity index (χ1v) is 9.23. The minimum atomic E-state index is -0.362. The number of methoxy groups -OCH3 is 1. The van der Waals surface area contributed by atoms with Crippen molar-refractivity contribution in [3.05, 3.63) is 54.1 Å². The maximum absolute atomic E-state index is 12.5. The van der Waals surface area contributed by atoms with E-state index in [0.29, 0.717) is 37.7 Å². The highest BCUT2D eigenvalue weighted by Gasteiger charge is 2.34. The number of anilines is 1. The number of likely N-dealkylation sites (tertiary alicyclic amines) is 1. The van der Waals surface area contributed by atoms with E-state index in [0.717, 1.165) is 11.3 Å². The number of hydrogen-bond donors (Lipinski definition) is 2. The molecule has 2 aromatic rings. The zero-order valence-corrected chi connectivity index (χ0v) is 17.1. The highest BCUT2D eigenvalue weighted by Crippen LogP contribution is 2.23. The van der Waals surface area contributed by atoms with E-state index >= 15 is 0 Å². The molecule has 7 nitrogen and oxygen atoms in total. The van der Waals surface area contributed by atoms with Gasteiger partial charge in [0.1, 0.15) is 18.1 Å². The fraction of sp³-hybridized carbons (Fsp3) is 0.333. The number of carbonyl (C=O) groups excluding carboxylic acids is 2. The average molecular weight is 420 g/mol. The highest BCUT2D eigenvalue weighted by atomic mass is 35.5. The second-order valence-corrected chi connectivity index (χ2v) is 6.67. The lowest BCUT2D eigenvalue weighted by Gasteiger charge is -2.17. The van der Waals surface area contributed by atoms with Gasteiger partial charge in [-0.15, -0.1) is 12.4 Å². The van der Waals surface area contributed by atoms with Crippen LogP contribution in [-0.2, 0) is 16.1 Å². The molecule has 1 heterocycles. The predicted molar refractivity (Wildman–Crippen MR) is 113 cm³/mol. The Kier molecular flexibility index (Phi) is 8.30. The summed E-state index contributed by atoms with van der Waals surface area (Å²) >= 11 is 0. The Morgan fingerprint density at radius 1 is 1.14 bits per heavy atom. The normalized spacial score (nSPS) is 15.6. The molecular formula is C21H26ClN3O4. The van der Waals surface area contributed by atoms with Gasteiger partial charge in [0, 0.05) is 31.7 Å². The molecule has 2 amide bonds. The van der Waals surface area contributed by atoms with Crippen LogP contribution >= 0.6 is 12.4 Å². The Labute approximate surface area is 176 Å². The maximum Gasteiger partial charge on any atom is 0.229 e. The van der Waals surface area contributed by atoms with E-state index in [9.17, 15) is 9.59 Å². The van der Waals surface area contributed by atoms with Gasteiger partial charge in [-0.25, -0.2) is 0 Å². The molecule has 1 aliphatic heterocycles. The van der Waals surface area contributed by atoms with Gasteiger partial charge in [0.05, 0.1) is 13.0 Å². The van der Waals surface area contributed by atoms with Crippen LogP contribution in [0.4, 0.5) is 5.69 Å². The van der Waals surface area contributed by atoms with Crippen LogP contribution in [-0.4, -0.2) is 43.5 Å². The van der Waals surface area contributed by atoms with Crippen molar-refractivity contribution in [3.63, 3.8) is 0 Å². The summed E-state index contributed by atoms with van der Waals surface area (Å²) < 4.78 is 10.6. The third kappa shape index (κ3) is 6.10. The van der Waals surface area contributed by atoms with Crippen LogP contribution in [0.3, 0.4) is 0 Å². The molecule has 1 unspecified atom stereocenters. The van der Waals surface area contributed by atoms with Crippen molar-refractivity contribution in [2.75, 3.05) is 32.1 Å². The smallest absolute Gasteiger partial charge is 0.229 e. The lowest BCUT2D eigenvalue weighted by atomic mass is 10.1. The van der Waals surface area contributed by atoms with Crippen LogP contribution in [0.1, 0.15) is 12.0 Å². The van der Waals surface area contributed by atoms with E-state index in [1.54, 1.807) is 36.3 Å². The molecule has 0 radical (unpaired) electrons. The summed E-state index contributed by atoms with van der Waals surface area (Å²) in [5.74, 6) is 0.944. The summed E-state index contributed by atoms with van der Waals surface area (Å²) in [6.45, 7) is 1.79. The molecule has 29 heavy (non-hydrogen) atoms. The van der Waals surface area contributed by atoms with Crippen molar-refractivity contribution in [2.45, 2.75) is 13.0 Å². The lowest BCUT2D eigenvalue weighted by molar-refractivity contribution is -0.128. The minimum absolute atomic E-state index is 0. The molecule has 0 saturated carbocycles. The average Bonchev–Trinajstić information content (AvgIpc) is 3.08. The molecule has 3 N–H and O–H groups in total. The number of nitrogens with two attached hydrogens (primary N) is 1. The monoisotopic (exact) mass is 419 g/mol. The van der Waals surface area contributed by atoms with Gasteiger partial charge < -0.3 is 25.4 Å². The second kappa shape index (κ2) is 10.7. The number of benzene rings is 2. The van der Waals surface area contributed by atoms with E-state index in [1.165, 1.54) is 0 Å². The Bertz CT molecular complexity index is 812. The fourth-order valence-electron chi connectivity index (χ4n) is 3.11. The third-order valence-electron chi connectivity index (χ3n) is 4.63. The number of carbonyl (C=O) groups is 2. The van der Waals surface area contributed by atoms with Gasteiger partial charge >= 0.3 is 0 Å². The zero-order valence-electron chi connectivity index (χ0n) is 16.3. The molecule has 1 aliphatic rings. The molecule has 0 spiro atoms. The largest absolute Gasteiger partial charge is 0.497 e. The number of nitrogens with zero attached hydrogens (tertiary/aromatic N) is 1. The molecule has 1 atom stereocenters. The van der Waals surface area contributed by atoms with Gasteiger partial charge in [0.15, 0.2) is 0 Å². The summed E-state index contributed by atoms with van der Waals surface area (Å²) in [5.41, 5.74) is 7.08. The van der Waals surface area contributed by atoms with Gasteiger partial charge in [-0.3, -0.25) is 9.59 Å². The van der Waals surface area contributed by atoms with Crippen molar-refractivity contribution in [1.82, 2.24) is 4.90 Å². The standard InChI is InChI=1S/C21H25N3O4.ClH/c1-27-18-6-2-15(3-7-18)13-24-14-16(12-20(24)25)21(26)23-17-4-8-19(9-5-17)28-11-10-22;/h2-9,16H,10-14,22H2,1H3,(H,23,26);1H. The van der Waals surface area contributed by atoms with Crippen LogP contribution in [0.15, 0.2) is 48.5 Å². The molecule has 1 saturated heterocycles. The Hall–Kier alpha value is -2.77. The molecule has 0 bridgehead atoms. The van der Waals surface area contributed by atoms with Gasteiger partial charge in [-0.1, -0.05) is 12.1 Å². The molecule has 2 aromatic carbocycles. The SMILES string of the molecule is COc1ccc(CN2CC(C(=O)Nc3ccc(OCCN)cc3)CC2=O)cc1.Cl. The van der Waals surface area contributed by atoms with E-state index in [4.69, 9.17) is 15.2 Å². The molecule has 0 aromatic heterocycles. The van der Waals surface area contributed by atoms with E-state index < -0.39 is 0 Å². The summed E-state index contributed by atoms with van der Waals surface area (Å²) in [5, 5.41) is 2.87. The van der Waals surface area contributed by atoms with E-state index in [1.807, 2.05) is 24.3 Å². The van der Waals surface area contributed by atoms with Crippen LogP contribution < -0.4 is 20.5 Å². The number of amides is 2. The molecule has 156 valence electrons. The van der Waals surface area contributed by atoms with Gasteiger partial charge in [-0.2, -0.15) is 0 Å². The van der Waals surface area contributed by atoms with Crippen LogP contribution in [0, 0.1) is 5.92 Å². The van der Waals surface area contributed by atoms with Gasteiger partial charge in [-0.05, 0) is 42.0 Å². The van der Waals surface area contributed by atoms with Crippen molar-refractivity contribution in [1.29, 1.82) is 0 Å². The first-order chi connectivity index (χ1) is 13.6. The summed E-state index contributed by atoms with van der Waals surface area (Å²) in [4.78, 5) is 26.6. The first kappa shape index (κ1) is 22.5. The molecular weight excluding hydrogens is 394 g/mol. The van der Waals surface area contributed by atoms with Gasteiger partial charge in [0.25, 0.3) is 0 Å². The maximum atomic E-state index is 12.5. The predicted octanol–water partition coefficient (Wildman–Crippen LogP) is 2.44. The van der Waals surface area contributed by atoms with E-state index in [2.05, 4.69) is 5.32 Å². The van der Waals surface area contributed by atoms with Crippen molar-refractivity contribution >= 4 is 29.9 Å². The Balaban J connectivity index is 0.00000300. The van der Waals surface area contributed by atoms with Crippen LogP contribution in [0.2, 0.25) is 0 Å². The fourth-order valence-corrected chi connectivity index (χ4v) is 3.11. The highest BCUT2D eigenvalue weighted by molar-refractivity contribution is 5.97.